The second-order valence-corrected chi connectivity index (χ2v) is 8.07. The average Bonchev–Trinajstić information content (AvgIpc) is 2.82. The number of rotatable bonds is 6. The summed E-state index contributed by atoms with van der Waals surface area (Å²) in [4.78, 5) is 12.3. The first-order valence-electron chi connectivity index (χ1n) is 7.87. The van der Waals surface area contributed by atoms with E-state index in [4.69, 9.17) is 11.6 Å². The predicted molar refractivity (Wildman–Crippen MR) is 78.0 cm³/mol. The van der Waals surface area contributed by atoms with Crippen LogP contribution in [0.15, 0.2) is 0 Å². The number of carbonyl (C=O) groups excluding carboxylic acids is 1. The molecule has 1 N–H and O–H groups in total. The van der Waals surface area contributed by atoms with Crippen molar-refractivity contribution in [3.8, 4) is 0 Å². The van der Waals surface area contributed by atoms with Gasteiger partial charge in [-0.2, -0.15) is 0 Å². The van der Waals surface area contributed by atoms with Gasteiger partial charge in [-0.1, -0.05) is 13.8 Å². The second kappa shape index (κ2) is 4.95. The van der Waals surface area contributed by atoms with Crippen molar-refractivity contribution in [3.05, 3.63) is 0 Å². The largest absolute Gasteiger partial charge is 0.355 e. The van der Waals surface area contributed by atoms with Crippen molar-refractivity contribution in [3.63, 3.8) is 0 Å². The fourth-order valence-corrected chi connectivity index (χ4v) is 4.89. The minimum absolute atomic E-state index is 0.174. The molecule has 4 atom stereocenters. The molecule has 1 amide bonds. The Labute approximate surface area is 121 Å². The third-order valence-corrected chi connectivity index (χ3v) is 6.03. The molecular weight excluding hydrogens is 258 g/mol. The first kappa shape index (κ1) is 13.7. The number of hydrogen-bond donors (Lipinski definition) is 1. The van der Waals surface area contributed by atoms with Gasteiger partial charge in [0.2, 0.25) is 5.91 Å². The molecular formula is C16H26ClNO. The topological polar surface area (TPSA) is 29.1 Å². The number of amides is 1. The van der Waals surface area contributed by atoms with Gasteiger partial charge in [0.05, 0.1) is 0 Å². The number of halogens is 1. The van der Waals surface area contributed by atoms with E-state index in [1.165, 1.54) is 19.3 Å². The number of fused-ring (bicyclic) bond motifs is 5. The molecule has 0 aromatic rings. The van der Waals surface area contributed by atoms with Crippen LogP contribution in [0.4, 0.5) is 0 Å². The Balaban J connectivity index is 1.46. The molecule has 0 spiro atoms. The van der Waals surface area contributed by atoms with Crippen molar-refractivity contribution >= 4 is 17.5 Å². The van der Waals surface area contributed by atoms with Gasteiger partial charge < -0.3 is 5.32 Å². The molecule has 0 heterocycles. The maximum absolute atomic E-state index is 12.3. The fraction of sp³-hybridized carbons (Fsp3) is 0.938. The third kappa shape index (κ3) is 2.53. The maximum atomic E-state index is 12.3. The lowest BCUT2D eigenvalue weighted by Gasteiger charge is -2.25. The molecule has 108 valence electrons. The first-order chi connectivity index (χ1) is 9.03. The van der Waals surface area contributed by atoms with Crippen LogP contribution in [0.5, 0.6) is 0 Å². The molecule has 0 radical (unpaired) electrons. The summed E-state index contributed by atoms with van der Waals surface area (Å²) in [6.45, 7) is 5.24. The van der Waals surface area contributed by atoms with Crippen molar-refractivity contribution < 1.29 is 4.79 Å². The summed E-state index contributed by atoms with van der Waals surface area (Å²) in [5, 5.41) is 3.21. The van der Waals surface area contributed by atoms with E-state index in [1.807, 2.05) is 0 Å². The lowest BCUT2D eigenvalue weighted by atomic mass is 9.88. The lowest BCUT2D eigenvalue weighted by Crippen LogP contribution is -2.36. The fourth-order valence-electron chi connectivity index (χ4n) is 4.75. The van der Waals surface area contributed by atoms with Crippen molar-refractivity contribution in [1.82, 2.24) is 5.32 Å². The average molecular weight is 284 g/mol. The van der Waals surface area contributed by atoms with E-state index in [0.717, 1.165) is 43.1 Å². The maximum Gasteiger partial charge on any atom is 0.223 e. The van der Waals surface area contributed by atoms with Crippen LogP contribution in [0.1, 0.15) is 46.0 Å². The van der Waals surface area contributed by atoms with Crippen LogP contribution < -0.4 is 5.32 Å². The van der Waals surface area contributed by atoms with Crippen molar-refractivity contribution in [1.29, 1.82) is 0 Å². The summed E-state index contributed by atoms with van der Waals surface area (Å²) in [5.41, 5.74) is 0.174. The second-order valence-electron chi connectivity index (χ2n) is 7.69. The molecule has 0 aromatic heterocycles. The molecule has 3 saturated carbocycles. The van der Waals surface area contributed by atoms with Crippen molar-refractivity contribution in [2.24, 2.45) is 35.0 Å². The molecule has 19 heavy (non-hydrogen) atoms. The molecule has 0 aliphatic heterocycles. The van der Waals surface area contributed by atoms with E-state index >= 15 is 0 Å². The van der Waals surface area contributed by atoms with Gasteiger partial charge in [-0.05, 0) is 61.2 Å². The molecule has 4 unspecified atom stereocenters. The highest BCUT2D eigenvalue weighted by molar-refractivity contribution is 6.17. The van der Waals surface area contributed by atoms with E-state index < -0.39 is 0 Å². The molecule has 3 heteroatoms. The van der Waals surface area contributed by atoms with Gasteiger partial charge >= 0.3 is 0 Å². The number of nitrogens with one attached hydrogen (secondary N) is 1. The number of hydrogen-bond acceptors (Lipinski definition) is 1. The quantitative estimate of drug-likeness (QED) is 0.744. The predicted octanol–water partition coefficient (Wildman–Crippen LogP) is 3.44. The van der Waals surface area contributed by atoms with Crippen LogP contribution in [0, 0.1) is 35.0 Å². The first-order valence-corrected chi connectivity index (χ1v) is 8.40. The standard InChI is InChI=1S/C16H26ClNO/c1-16(2,6-3-7-17)9-18-15(19)14-12-10-4-5-11(8-10)13(12)14/h10-14H,3-9H2,1-2H3,(H,18,19). The number of alkyl halides is 1. The zero-order chi connectivity index (χ0) is 13.6. The Morgan fingerprint density at radius 2 is 1.89 bits per heavy atom. The molecule has 3 rings (SSSR count). The van der Waals surface area contributed by atoms with E-state index in [2.05, 4.69) is 19.2 Å². The van der Waals surface area contributed by atoms with E-state index in [9.17, 15) is 4.79 Å². The Morgan fingerprint density at radius 1 is 1.26 bits per heavy atom. The van der Waals surface area contributed by atoms with E-state index in [-0.39, 0.29) is 5.41 Å². The molecule has 0 saturated heterocycles. The Kier molecular flexibility index (Phi) is 3.57. The Hall–Kier alpha value is -0.240. The van der Waals surface area contributed by atoms with Gasteiger partial charge in [-0.3, -0.25) is 4.79 Å². The highest BCUT2D eigenvalue weighted by Gasteiger charge is 2.67. The van der Waals surface area contributed by atoms with Crippen LogP contribution in [-0.4, -0.2) is 18.3 Å². The SMILES string of the molecule is CC(C)(CCCCl)CNC(=O)C1C2C3CCC(C3)C12. The molecule has 2 nitrogen and oxygen atoms in total. The van der Waals surface area contributed by atoms with Crippen LogP contribution in [-0.2, 0) is 4.79 Å². The zero-order valence-electron chi connectivity index (χ0n) is 12.1. The summed E-state index contributed by atoms with van der Waals surface area (Å²) >= 11 is 5.75. The van der Waals surface area contributed by atoms with Crippen LogP contribution in [0.3, 0.4) is 0 Å². The summed E-state index contributed by atoms with van der Waals surface area (Å²) in [7, 11) is 0. The summed E-state index contributed by atoms with van der Waals surface area (Å²) < 4.78 is 0. The zero-order valence-corrected chi connectivity index (χ0v) is 12.9. The van der Waals surface area contributed by atoms with Gasteiger partial charge in [0.1, 0.15) is 0 Å². The van der Waals surface area contributed by atoms with Crippen LogP contribution in [0.2, 0.25) is 0 Å². The smallest absolute Gasteiger partial charge is 0.223 e. The molecule has 3 aliphatic rings. The van der Waals surface area contributed by atoms with Gasteiger partial charge in [-0.15, -0.1) is 11.6 Å². The Morgan fingerprint density at radius 3 is 2.47 bits per heavy atom. The minimum Gasteiger partial charge on any atom is -0.355 e. The van der Waals surface area contributed by atoms with Gasteiger partial charge in [0.15, 0.2) is 0 Å². The van der Waals surface area contributed by atoms with Crippen molar-refractivity contribution in [2.75, 3.05) is 12.4 Å². The van der Waals surface area contributed by atoms with E-state index in [0.29, 0.717) is 17.7 Å². The summed E-state index contributed by atoms with van der Waals surface area (Å²) in [6, 6.07) is 0. The highest BCUT2D eigenvalue weighted by Crippen LogP contribution is 2.69. The van der Waals surface area contributed by atoms with Gasteiger partial charge in [0.25, 0.3) is 0 Å². The third-order valence-electron chi connectivity index (χ3n) is 5.77. The van der Waals surface area contributed by atoms with Crippen LogP contribution in [0.25, 0.3) is 0 Å². The monoisotopic (exact) mass is 283 g/mol. The Bertz CT molecular complexity index is 352. The number of carbonyl (C=O) groups is 1. The summed E-state index contributed by atoms with van der Waals surface area (Å²) in [6.07, 6.45) is 6.30. The minimum atomic E-state index is 0.174. The molecule has 0 aromatic carbocycles. The molecule has 2 bridgehead atoms. The van der Waals surface area contributed by atoms with E-state index in [1.54, 1.807) is 0 Å². The normalized spacial score (nSPS) is 39.2. The van der Waals surface area contributed by atoms with Gasteiger partial charge in [0, 0.05) is 18.3 Å². The van der Waals surface area contributed by atoms with Crippen LogP contribution >= 0.6 is 11.6 Å². The lowest BCUT2D eigenvalue weighted by molar-refractivity contribution is -0.123. The van der Waals surface area contributed by atoms with Gasteiger partial charge in [-0.25, -0.2) is 0 Å². The highest BCUT2D eigenvalue weighted by atomic mass is 35.5. The van der Waals surface area contributed by atoms with Crippen molar-refractivity contribution in [2.45, 2.75) is 46.0 Å². The molecule has 3 aliphatic carbocycles. The summed E-state index contributed by atoms with van der Waals surface area (Å²) in [5.74, 6) is 4.70. The molecule has 3 fully saturated rings.